The van der Waals surface area contributed by atoms with Gasteiger partial charge >= 0.3 is 5.97 Å². The summed E-state index contributed by atoms with van der Waals surface area (Å²) < 4.78 is 16.4. The third kappa shape index (κ3) is 3.73. The largest absolute Gasteiger partial charge is 0.490 e. The van der Waals surface area contributed by atoms with Crippen molar-refractivity contribution in [2.45, 2.75) is 33.2 Å². The molecule has 0 radical (unpaired) electrons. The molecule has 0 spiro atoms. The number of aliphatic imine (C=N–C) groups is 1. The van der Waals surface area contributed by atoms with E-state index in [1.54, 1.807) is 17.9 Å². The third-order valence-corrected chi connectivity index (χ3v) is 5.45. The minimum absolute atomic E-state index is 0.0664. The number of allylic oxidation sites excluding steroid dienone is 1. The van der Waals surface area contributed by atoms with E-state index in [1.165, 1.54) is 18.9 Å². The molecular weight excluding hydrogens is 380 g/mol. The molecule has 2 aliphatic rings. The Bertz CT molecular complexity index is 849. The molecule has 1 saturated heterocycles. The Morgan fingerprint density at radius 2 is 1.96 bits per heavy atom. The predicted molar refractivity (Wildman–Crippen MR) is 108 cm³/mol. The molecule has 7 nitrogen and oxygen atoms in total. The average molecular weight is 404 g/mol. The Balaban J connectivity index is 2.15. The van der Waals surface area contributed by atoms with Crippen LogP contribution in [0, 0.1) is 0 Å². The minimum atomic E-state index is -0.616. The van der Waals surface area contributed by atoms with Crippen LogP contribution in [0.1, 0.15) is 38.8 Å². The van der Waals surface area contributed by atoms with Crippen molar-refractivity contribution in [2.24, 2.45) is 4.99 Å². The fraction of sp³-hybridized carbons (Fsp3) is 0.450. The quantitative estimate of drug-likeness (QED) is 0.677. The Morgan fingerprint density at radius 1 is 1.25 bits per heavy atom. The molecule has 0 bridgehead atoms. The summed E-state index contributed by atoms with van der Waals surface area (Å²) in [5.41, 5.74) is 1.65. The summed E-state index contributed by atoms with van der Waals surface area (Å²) in [6.07, 6.45) is 0.392. The molecule has 2 heterocycles. The summed E-state index contributed by atoms with van der Waals surface area (Å²) >= 11 is 1.51. The van der Waals surface area contributed by atoms with Crippen LogP contribution in [0.15, 0.2) is 34.5 Å². The normalized spacial score (nSPS) is 19.1. The van der Waals surface area contributed by atoms with Crippen LogP contribution in [0.2, 0.25) is 0 Å². The Hall–Kier alpha value is -2.48. The van der Waals surface area contributed by atoms with Crippen LogP contribution in [0.4, 0.5) is 0 Å². The van der Waals surface area contributed by atoms with Crippen molar-refractivity contribution < 1.29 is 23.8 Å². The van der Waals surface area contributed by atoms with Crippen LogP contribution in [0.3, 0.4) is 0 Å². The highest BCUT2D eigenvalue weighted by Gasteiger charge is 2.41. The highest BCUT2D eigenvalue weighted by Crippen LogP contribution is 2.42. The number of fused-ring (bicyclic) bond motifs is 1. The number of thioether (sulfide) groups is 1. The van der Waals surface area contributed by atoms with Crippen LogP contribution in [-0.2, 0) is 14.3 Å². The molecule has 8 heteroatoms. The number of esters is 1. The van der Waals surface area contributed by atoms with Gasteiger partial charge in [0.1, 0.15) is 0 Å². The second-order valence-corrected chi connectivity index (χ2v) is 7.28. The van der Waals surface area contributed by atoms with E-state index in [2.05, 4.69) is 4.99 Å². The zero-order valence-corrected chi connectivity index (χ0v) is 17.3. The van der Waals surface area contributed by atoms with Gasteiger partial charge in [0.25, 0.3) is 0 Å². The Labute approximate surface area is 168 Å². The maximum absolute atomic E-state index is 12.8. The third-order valence-electron chi connectivity index (χ3n) is 4.50. The first kappa shape index (κ1) is 20.3. The lowest BCUT2D eigenvalue weighted by atomic mass is 9.94. The number of rotatable bonds is 6. The van der Waals surface area contributed by atoms with Crippen molar-refractivity contribution in [1.82, 2.24) is 4.90 Å². The van der Waals surface area contributed by atoms with Gasteiger partial charge in [-0.1, -0.05) is 17.8 Å². The molecule has 1 atom stereocenters. The Kier molecular flexibility index (Phi) is 6.28. The van der Waals surface area contributed by atoms with Gasteiger partial charge in [0.2, 0.25) is 5.91 Å². The fourth-order valence-corrected chi connectivity index (χ4v) is 4.33. The van der Waals surface area contributed by atoms with E-state index in [1.807, 2.05) is 26.0 Å². The van der Waals surface area contributed by atoms with Gasteiger partial charge in [-0.15, -0.1) is 0 Å². The summed E-state index contributed by atoms with van der Waals surface area (Å²) in [5, 5.41) is 0.609. The highest BCUT2D eigenvalue weighted by atomic mass is 32.2. The van der Waals surface area contributed by atoms with Gasteiger partial charge in [0.05, 0.1) is 37.6 Å². The number of carbonyl (C=O) groups is 2. The first-order chi connectivity index (χ1) is 13.5. The molecule has 3 rings (SSSR count). The van der Waals surface area contributed by atoms with Crippen molar-refractivity contribution in [3.8, 4) is 11.5 Å². The van der Waals surface area contributed by atoms with Gasteiger partial charge in [-0.05, 0) is 38.5 Å². The lowest BCUT2D eigenvalue weighted by molar-refractivity contribution is -0.137. The SMILES string of the molecule is CCOc1ccc([C@H]2C(C(=O)OC)=C(C)N=C3SCCC(=O)N32)cc1OCC. The van der Waals surface area contributed by atoms with Gasteiger partial charge in [-0.2, -0.15) is 0 Å². The van der Waals surface area contributed by atoms with E-state index >= 15 is 0 Å². The smallest absolute Gasteiger partial charge is 0.338 e. The summed E-state index contributed by atoms with van der Waals surface area (Å²) in [6, 6.07) is 4.87. The topological polar surface area (TPSA) is 77.4 Å². The molecule has 0 saturated carbocycles. The molecule has 28 heavy (non-hydrogen) atoms. The zero-order chi connectivity index (χ0) is 20.3. The van der Waals surface area contributed by atoms with Gasteiger partial charge in [-0.3, -0.25) is 9.69 Å². The lowest BCUT2D eigenvalue weighted by Gasteiger charge is -2.38. The zero-order valence-electron chi connectivity index (χ0n) is 16.5. The van der Waals surface area contributed by atoms with Crippen LogP contribution in [0.5, 0.6) is 11.5 Å². The molecule has 2 aliphatic heterocycles. The summed E-state index contributed by atoms with van der Waals surface area (Å²) in [6.45, 7) is 6.54. The molecule has 1 amide bonds. The van der Waals surface area contributed by atoms with Crippen molar-refractivity contribution in [1.29, 1.82) is 0 Å². The van der Waals surface area contributed by atoms with E-state index in [-0.39, 0.29) is 5.91 Å². The minimum Gasteiger partial charge on any atom is -0.490 e. The Morgan fingerprint density at radius 3 is 2.64 bits per heavy atom. The standard InChI is InChI=1S/C20H24N2O5S/c1-5-26-14-8-7-13(11-15(14)27-6-2)18-17(19(24)25-4)12(3)21-20-22(18)16(23)9-10-28-20/h7-8,11,18H,5-6,9-10H2,1-4H3/t18-/m0/s1. The molecule has 0 N–H and O–H groups in total. The molecule has 1 aromatic rings. The van der Waals surface area contributed by atoms with Gasteiger partial charge < -0.3 is 14.2 Å². The van der Waals surface area contributed by atoms with Crippen LogP contribution < -0.4 is 9.47 Å². The van der Waals surface area contributed by atoms with E-state index in [4.69, 9.17) is 14.2 Å². The number of carbonyl (C=O) groups excluding carboxylic acids is 2. The number of amides is 1. The number of benzene rings is 1. The summed E-state index contributed by atoms with van der Waals surface area (Å²) in [4.78, 5) is 31.4. The maximum atomic E-state index is 12.8. The van der Waals surface area contributed by atoms with Crippen LogP contribution >= 0.6 is 11.8 Å². The van der Waals surface area contributed by atoms with E-state index in [0.29, 0.717) is 53.3 Å². The average Bonchev–Trinajstić information content (AvgIpc) is 2.68. The van der Waals surface area contributed by atoms with Crippen molar-refractivity contribution in [2.75, 3.05) is 26.1 Å². The van der Waals surface area contributed by atoms with E-state index < -0.39 is 12.0 Å². The van der Waals surface area contributed by atoms with E-state index in [0.717, 1.165) is 5.56 Å². The monoisotopic (exact) mass is 404 g/mol. The van der Waals surface area contributed by atoms with Crippen molar-refractivity contribution >= 4 is 28.8 Å². The number of methoxy groups -OCH3 is 1. The lowest BCUT2D eigenvalue weighted by Crippen LogP contribution is -2.45. The van der Waals surface area contributed by atoms with Crippen molar-refractivity contribution in [3.05, 3.63) is 35.0 Å². The number of hydrogen-bond acceptors (Lipinski definition) is 7. The summed E-state index contributed by atoms with van der Waals surface area (Å²) in [5.74, 6) is 1.31. The van der Waals surface area contributed by atoms with Gasteiger partial charge in [0, 0.05) is 12.2 Å². The number of hydrogen-bond donors (Lipinski definition) is 0. The highest BCUT2D eigenvalue weighted by molar-refractivity contribution is 8.14. The van der Waals surface area contributed by atoms with Crippen molar-refractivity contribution in [3.63, 3.8) is 0 Å². The number of amidine groups is 1. The molecule has 0 aliphatic carbocycles. The molecule has 0 unspecified atom stereocenters. The van der Waals surface area contributed by atoms with E-state index in [9.17, 15) is 9.59 Å². The molecule has 0 aromatic heterocycles. The molecule has 1 fully saturated rings. The first-order valence-corrected chi connectivity index (χ1v) is 10.2. The van der Waals surface area contributed by atoms with Crippen LogP contribution in [-0.4, -0.2) is 48.0 Å². The van der Waals surface area contributed by atoms with Crippen LogP contribution in [0.25, 0.3) is 0 Å². The molecule has 150 valence electrons. The second kappa shape index (κ2) is 8.68. The predicted octanol–water partition coefficient (Wildman–Crippen LogP) is 3.31. The summed E-state index contributed by atoms with van der Waals surface area (Å²) in [7, 11) is 1.33. The number of nitrogens with zero attached hydrogens (tertiary/aromatic N) is 2. The van der Waals surface area contributed by atoms with Gasteiger partial charge in [-0.25, -0.2) is 9.79 Å². The fourth-order valence-electron chi connectivity index (χ4n) is 3.32. The second-order valence-electron chi connectivity index (χ2n) is 6.22. The first-order valence-electron chi connectivity index (χ1n) is 9.23. The number of ether oxygens (including phenoxy) is 3. The maximum Gasteiger partial charge on any atom is 0.338 e. The molecular formula is C20H24N2O5S. The van der Waals surface area contributed by atoms with Gasteiger partial charge in [0.15, 0.2) is 16.7 Å². The molecule has 1 aromatic carbocycles.